The van der Waals surface area contributed by atoms with Crippen LogP contribution >= 0.6 is 0 Å². The summed E-state index contributed by atoms with van der Waals surface area (Å²) in [6.45, 7) is 4.99. The summed E-state index contributed by atoms with van der Waals surface area (Å²) >= 11 is 0. The highest BCUT2D eigenvalue weighted by Crippen LogP contribution is 2.03. The van der Waals surface area contributed by atoms with E-state index in [1.807, 2.05) is 10.9 Å². The standard InChI is InChI=1S/C7H12N3/c1-6(2)4-10-5-7(8)3-9-10/h3,5H,4,8H2,1-2H3. The predicted octanol–water partition coefficient (Wildman–Crippen LogP) is 1.08. The zero-order valence-electron chi connectivity index (χ0n) is 6.33. The SMILES string of the molecule is C[C](C)Cn1cc(N)cn1. The van der Waals surface area contributed by atoms with Crippen molar-refractivity contribution in [3.8, 4) is 0 Å². The van der Waals surface area contributed by atoms with Crippen LogP contribution < -0.4 is 5.73 Å². The number of nitrogens with zero attached hydrogens (tertiary/aromatic N) is 2. The molecule has 0 fully saturated rings. The Labute approximate surface area is 60.8 Å². The van der Waals surface area contributed by atoms with Gasteiger partial charge in [-0.1, -0.05) is 13.8 Å². The monoisotopic (exact) mass is 138 g/mol. The Morgan fingerprint density at radius 2 is 2.40 bits per heavy atom. The maximum atomic E-state index is 5.46. The summed E-state index contributed by atoms with van der Waals surface area (Å²) in [5.41, 5.74) is 6.19. The number of hydrogen-bond acceptors (Lipinski definition) is 2. The second-order valence-electron chi connectivity index (χ2n) is 2.68. The van der Waals surface area contributed by atoms with Crippen LogP contribution in [0.15, 0.2) is 12.4 Å². The smallest absolute Gasteiger partial charge is 0.0719 e. The third kappa shape index (κ3) is 1.76. The molecule has 0 aliphatic heterocycles. The molecule has 10 heavy (non-hydrogen) atoms. The average Bonchev–Trinajstić information content (AvgIpc) is 2.13. The van der Waals surface area contributed by atoms with E-state index in [9.17, 15) is 0 Å². The van der Waals surface area contributed by atoms with Crippen molar-refractivity contribution in [2.75, 3.05) is 5.73 Å². The van der Waals surface area contributed by atoms with Crippen molar-refractivity contribution in [1.82, 2.24) is 9.78 Å². The molecule has 0 spiro atoms. The van der Waals surface area contributed by atoms with Crippen LogP contribution in [0, 0.1) is 5.92 Å². The van der Waals surface area contributed by atoms with E-state index in [1.165, 1.54) is 5.92 Å². The first-order valence-electron chi connectivity index (χ1n) is 3.25. The molecule has 0 saturated carbocycles. The van der Waals surface area contributed by atoms with Crippen molar-refractivity contribution in [3.05, 3.63) is 18.3 Å². The third-order valence-corrected chi connectivity index (χ3v) is 1.13. The van der Waals surface area contributed by atoms with Crippen molar-refractivity contribution in [2.24, 2.45) is 0 Å². The van der Waals surface area contributed by atoms with E-state index < -0.39 is 0 Å². The average molecular weight is 138 g/mol. The van der Waals surface area contributed by atoms with E-state index in [-0.39, 0.29) is 0 Å². The van der Waals surface area contributed by atoms with Gasteiger partial charge in [-0.2, -0.15) is 5.10 Å². The highest BCUT2D eigenvalue weighted by Gasteiger charge is 1.96. The first-order chi connectivity index (χ1) is 4.68. The summed E-state index contributed by atoms with van der Waals surface area (Å²) in [5.74, 6) is 1.32. The minimum atomic E-state index is 0.723. The van der Waals surface area contributed by atoms with Crippen molar-refractivity contribution in [2.45, 2.75) is 20.4 Å². The lowest BCUT2D eigenvalue weighted by atomic mass is 10.2. The minimum Gasteiger partial charge on any atom is -0.396 e. The molecular formula is C7H12N3. The topological polar surface area (TPSA) is 43.8 Å². The normalized spacial score (nSPS) is 10.7. The second kappa shape index (κ2) is 2.73. The lowest BCUT2D eigenvalue weighted by Crippen LogP contribution is -2.02. The number of nitrogens with two attached hydrogens (primary N) is 1. The number of rotatable bonds is 2. The van der Waals surface area contributed by atoms with Crippen molar-refractivity contribution in [1.29, 1.82) is 0 Å². The van der Waals surface area contributed by atoms with Crippen molar-refractivity contribution in [3.63, 3.8) is 0 Å². The molecule has 0 aliphatic carbocycles. The maximum Gasteiger partial charge on any atom is 0.0719 e. The van der Waals surface area contributed by atoms with Crippen LogP contribution in [-0.4, -0.2) is 9.78 Å². The van der Waals surface area contributed by atoms with Crippen LogP contribution in [0.2, 0.25) is 0 Å². The van der Waals surface area contributed by atoms with Gasteiger partial charge in [0.05, 0.1) is 11.9 Å². The Bertz CT molecular complexity index is 202. The van der Waals surface area contributed by atoms with E-state index in [2.05, 4.69) is 18.9 Å². The van der Waals surface area contributed by atoms with Gasteiger partial charge in [-0.25, -0.2) is 0 Å². The highest BCUT2D eigenvalue weighted by molar-refractivity contribution is 5.30. The third-order valence-electron chi connectivity index (χ3n) is 1.13. The first-order valence-corrected chi connectivity index (χ1v) is 3.25. The van der Waals surface area contributed by atoms with Crippen LogP contribution in [0.25, 0.3) is 0 Å². The molecule has 0 aromatic carbocycles. The summed E-state index contributed by atoms with van der Waals surface area (Å²) in [7, 11) is 0. The van der Waals surface area contributed by atoms with Gasteiger partial charge >= 0.3 is 0 Å². The molecule has 3 heteroatoms. The van der Waals surface area contributed by atoms with Crippen LogP contribution in [-0.2, 0) is 6.54 Å². The molecular weight excluding hydrogens is 126 g/mol. The molecule has 1 heterocycles. The lowest BCUT2D eigenvalue weighted by Gasteiger charge is -2.01. The first kappa shape index (κ1) is 7.12. The van der Waals surface area contributed by atoms with Crippen LogP contribution in [0.3, 0.4) is 0 Å². The van der Waals surface area contributed by atoms with Gasteiger partial charge in [0.2, 0.25) is 0 Å². The molecule has 0 saturated heterocycles. The van der Waals surface area contributed by atoms with Crippen molar-refractivity contribution < 1.29 is 0 Å². The molecule has 2 N–H and O–H groups in total. The summed E-state index contributed by atoms with van der Waals surface area (Å²) in [5, 5.41) is 4.03. The summed E-state index contributed by atoms with van der Waals surface area (Å²) < 4.78 is 1.82. The van der Waals surface area contributed by atoms with Gasteiger partial charge in [0.25, 0.3) is 0 Å². The fraction of sp³-hybridized carbons (Fsp3) is 0.429. The zero-order valence-corrected chi connectivity index (χ0v) is 6.33. The van der Waals surface area contributed by atoms with Gasteiger partial charge in [0.15, 0.2) is 0 Å². The molecule has 1 aromatic rings. The Balaban J connectivity index is 2.58. The molecule has 1 rings (SSSR count). The number of hydrogen-bond donors (Lipinski definition) is 1. The molecule has 0 bridgehead atoms. The van der Waals surface area contributed by atoms with Crippen molar-refractivity contribution >= 4 is 5.69 Å². The fourth-order valence-electron chi connectivity index (χ4n) is 0.790. The number of aromatic nitrogens is 2. The largest absolute Gasteiger partial charge is 0.396 e. The Hall–Kier alpha value is -0.990. The molecule has 0 aliphatic rings. The maximum absolute atomic E-state index is 5.46. The van der Waals surface area contributed by atoms with Gasteiger partial charge in [-0.05, 0) is 5.92 Å². The highest BCUT2D eigenvalue weighted by atomic mass is 15.3. The Kier molecular flexibility index (Phi) is 1.94. The zero-order chi connectivity index (χ0) is 7.56. The number of nitrogen functional groups attached to an aromatic ring is 1. The van der Waals surface area contributed by atoms with E-state index in [4.69, 9.17) is 5.73 Å². The van der Waals surface area contributed by atoms with Gasteiger partial charge < -0.3 is 5.73 Å². The summed E-state index contributed by atoms with van der Waals surface area (Å²) in [6, 6.07) is 0. The van der Waals surface area contributed by atoms with E-state index in [1.54, 1.807) is 6.20 Å². The van der Waals surface area contributed by atoms with E-state index in [0.717, 1.165) is 12.2 Å². The minimum absolute atomic E-state index is 0.723. The number of anilines is 1. The van der Waals surface area contributed by atoms with Gasteiger partial charge in [0, 0.05) is 12.7 Å². The predicted molar refractivity (Wildman–Crippen MR) is 41.2 cm³/mol. The van der Waals surface area contributed by atoms with E-state index >= 15 is 0 Å². The van der Waals surface area contributed by atoms with Gasteiger partial charge in [-0.3, -0.25) is 4.68 Å². The summed E-state index contributed by atoms with van der Waals surface area (Å²) in [4.78, 5) is 0. The van der Waals surface area contributed by atoms with Gasteiger partial charge in [0.1, 0.15) is 0 Å². The van der Waals surface area contributed by atoms with Gasteiger partial charge in [-0.15, -0.1) is 0 Å². The van der Waals surface area contributed by atoms with E-state index in [0.29, 0.717) is 0 Å². The van der Waals surface area contributed by atoms with Crippen LogP contribution in [0.5, 0.6) is 0 Å². The molecule has 55 valence electrons. The van der Waals surface area contributed by atoms with Crippen LogP contribution in [0.1, 0.15) is 13.8 Å². The second-order valence-corrected chi connectivity index (χ2v) is 2.68. The Morgan fingerprint density at radius 1 is 1.70 bits per heavy atom. The molecule has 3 nitrogen and oxygen atoms in total. The molecule has 1 aromatic heterocycles. The quantitative estimate of drug-likeness (QED) is 0.664. The molecule has 0 unspecified atom stereocenters. The Morgan fingerprint density at radius 3 is 2.80 bits per heavy atom. The fourth-order valence-corrected chi connectivity index (χ4v) is 0.790. The molecule has 0 atom stereocenters. The molecule has 1 radical (unpaired) electrons. The summed E-state index contributed by atoms with van der Waals surface area (Å²) in [6.07, 6.45) is 3.48. The van der Waals surface area contributed by atoms with Crippen LogP contribution in [0.4, 0.5) is 5.69 Å². The molecule has 0 amide bonds. The lowest BCUT2D eigenvalue weighted by molar-refractivity contribution is 0.629.